The molecule has 2 saturated heterocycles. The monoisotopic (exact) mass is 509 g/mol. The molecule has 0 saturated carbocycles. The van der Waals surface area contributed by atoms with Gasteiger partial charge in [-0.05, 0) is 44.4 Å². The minimum absolute atomic E-state index is 0. The van der Waals surface area contributed by atoms with Crippen molar-refractivity contribution in [3.05, 3.63) is 58.6 Å². The summed E-state index contributed by atoms with van der Waals surface area (Å²) in [6.45, 7) is 4.29. The van der Waals surface area contributed by atoms with E-state index in [1.54, 1.807) is 25.1 Å². The first-order valence-corrected chi connectivity index (χ1v) is 11.1. The minimum Gasteiger partial charge on any atom is -0.378 e. The second-order valence-electron chi connectivity index (χ2n) is 8.58. The third-order valence-corrected chi connectivity index (χ3v) is 6.49. The van der Waals surface area contributed by atoms with Gasteiger partial charge in [-0.2, -0.15) is 0 Å². The third-order valence-electron chi connectivity index (χ3n) is 6.09. The van der Waals surface area contributed by atoms with Crippen LogP contribution in [0.15, 0.2) is 36.7 Å². The van der Waals surface area contributed by atoms with E-state index in [0.29, 0.717) is 25.0 Å². The smallest absolute Gasteiger partial charge is 0.260 e. The van der Waals surface area contributed by atoms with Crippen LogP contribution in [0.2, 0.25) is 5.02 Å². The normalized spacial score (nSPS) is 24.8. The van der Waals surface area contributed by atoms with Crippen molar-refractivity contribution < 1.29 is 18.7 Å². The zero-order valence-corrected chi connectivity index (χ0v) is 20.3. The molecule has 0 unspecified atom stereocenters. The van der Waals surface area contributed by atoms with Crippen LogP contribution in [-0.4, -0.2) is 46.4 Å². The predicted molar refractivity (Wildman–Crippen MR) is 129 cm³/mol. The fourth-order valence-corrected chi connectivity index (χ4v) is 4.81. The zero-order chi connectivity index (χ0) is 23.8. The molecule has 1 aromatic carbocycles. The molecule has 2 aliphatic heterocycles. The van der Waals surface area contributed by atoms with E-state index in [1.807, 2.05) is 6.92 Å². The summed E-state index contributed by atoms with van der Waals surface area (Å²) in [6.07, 6.45) is 3.83. The van der Waals surface area contributed by atoms with Crippen molar-refractivity contribution in [2.75, 3.05) is 11.9 Å². The molecular formula is C23H26Cl2FN5O3. The largest absolute Gasteiger partial charge is 0.378 e. The van der Waals surface area contributed by atoms with Gasteiger partial charge in [0, 0.05) is 25.0 Å². The molecule has 3 N–H and O–H groups in total. The van der Waals surface area contributed by atoms with Gasteiger partial charge in [-0.25, -0.2) is 4.39 Å². The topological polar surface area (TPSA) is 107 Å². The molecule has 34 heavy (non-hydrogen) atoms. The summed E-state index contributed by atoms with van der Waals surface area (Å²) in [5.41, 5.74) is -0.352. The molecular weight excluding hydrogens is 484 g/mol. The van der Waals surface area contributed by atoms with Gasteiger partial charge < -0.3 is 15.4 Å². The summed E-state index contributed by atoms with van der Waals surface area (Å²) >= 11 is 6.63. The predicted octanol–water partition coefficient (Wildman–Crippen LogP) is 4.09. The van der Waals surface area contributed by atoms with Crippen molar-refractivity contribution >= 4 is 47.5 Å². The van der Waals surface area contributed by atoms with Gasteiger partial charge in [-0.1, -0.05) is 23.7 Å². The number of aromatic nitrogens is 1. The summed E-state index contributed by atoms with van der Waals surface area (Å²) in [7, 11) is 0. The van der Waals surface area contributed by atoms with Crippen LogP contribution in [0.4, 0.5) is 10.1 Å². The van der Waals surface area contributed by atoms with Crippen molar-refractivity contribution in [2.45, 2.75) is 50.8 Å². The van der Waals surface area contributed by atoms with Crippen LogP contribution in [0.25, 0.3) is 0 Å². The zero-order valence-electron chi connectivity index (χ0n) is 18.7. The number of halogens is 3. The number of nitrogens with one attached hydrogen (secondary N) is 3. The molecule has 2 fully saturated rings. The maximum Gasteiger partial charge on any atom is 0.260 e. The van der Waals surface area contributed by atoms with Crippen LogP contribution < -0.4 is 10.6 Å². The van der Waals surface area contributed by atoms with Crippen molar-refractivity contribution in [1.29, 1.82) is 5.41 Å². The molecule has 2 amide bonds. The van der Waals surface area contributed by atoms with E-state index in [-0.39, 0.29) is 59.1 Å². The Balaban J connectivity index is 0.00000324. The number of benzene rings is 1. The van der Waals surface area contributed by atoms with Gasteiger partial charge in [0.25, 0.3) is 5.91 Å². The molecule has 182 valence electrons. The van der Waals surface area contributed by atoms with Gasteiger partial charge in [-0.3, -0.25) is 24.9 Å². The summed E-state index contributed by atoms with van der Waals surface area (Å²) in [5, 5.41) is 14.5. The molecule has 8 nitrogen and oxygen atoms in total. The molecule has 0 radical (unpaired) electrons. The lowest BCUT2D eigenvalue weighted by Gasteiger charge is -2.45. The lowest BCUT2D eigenvalue weighted by atomic mass is 9.85. The maximum atomic E-state index is 14.0. The SMILES string of the molecule is C[C@@H]1C[C@H](N2C(=N)N[C@](C)(c3cccc(NC(=O)c4cnccc4F)c3Cl)CC2=O)CCO1.Cl. The van der Waals surface area contributed by atoms with Gasteiger partial charge >= 0.3 is 0 Å². The number of guanidine groups is 1. The second kappa shape index (κ2) is 10.2. The van der Waals surface area contributed by atoms with Gasteiger partial charge in [-0.15, -0.1) is 12.4 Å². The molecule has 2 aliphatic rings. The van der Waals surface area contributed by atoms with Gasteiger partial charge in [0.05, 0.1) is 34.3 Å². The number of hydrogen-bond donors (Lipinski definition) is 3. The van der Waals surface area contributed by atoms with E-state index in [4.69, 9.17) is 21.7 Å². The standard InChI is InChI=1S/C23H25ClFN5O3.ClH/c1-13-10-14(7-9-33-13)30-19(31)11-23(2,29-22(30)26)16-4-3-5-18(20(16)24)28-21(32)15-12-27-8-6-17(15)25;/h3-6,8,12-14H,7,9-11H2,1-2H3,(H2,26,29)(H,28,32);1H/t13-,14-,23+;/m1./s1. The summed E-state index contributed by atoms with van der Waals surface area (Å²) in [6, 6.07) is 6.02. The lowest BCUT2D eigenvalue weighted by Crippen LogP contribution is -2.63. The van der Waals surface area contributed by atoms with E-state index in [2.05, 4.69) is 15.6 Å². The van der Waals surface area contributed by atoms with Crippen molar-refractivity contribution in [3.8, 4) is 0 Å². The molecule has 0 bridgehead atoms. The number of carbonyl (C=O) groups excluding carboxylic acids is 2. The van der Waals surface area contributed by atoms with Crippen LogP contribution in [0, 0.1) is 11.2 Å². The van der Waals surface area contributed by atoms with Crippen molar-refractivity contribution in [3.63, 3.8) is 0 Å². The number of anilines is 1. The third kappa shape index (κ3) is 5.01. The van der Waals surface area contributed by atoms with Gasteiger partial charge in [0.1, 0.15) is 5.82 Å². The van der Waals surface area contributed by atoms with E-state index in [1.165, 1.54) is 11.1 Å². The Morgan fingerprint density at radius 1 is 1.41 bits per heavy atom. The fourth-order valence-electron chi connectivity index (χ4n) is 4.42. The van der Waals surface area contributed by atoms with Gasteiger partial charge in [0.2, 0.25) is 5.91 Å². The number of rotatable bonds is 4. The molecule has 3 atom stereocenters. The lowest BCUT2D eigenvalue weighted by molar-refractivity contribution is -0.134. The highest BCUT2D eigenvalue weighted by Crippen LogP contribution is 2.38. The Hall–Kier alpha value is -2.75. The van der Waals surface area contributed by atoms with Crippen molar-refractivity contribution in [1.82, 2.24) is 15.2 Å². The Morgan fingerprint density at radius 2 is 2.18 bits per heavy atom. The molecule has 1 aromatic heterocycles. The minimum atomic E-state index is -0.960. The average Bonchev–Trinajstić information content (AvgIpc) is 2.75. The Bertz CT molecular complexity index is 1100. The summed E-state index contributed by atoms with van der Waals surface area (Å²) in [4.78, 5) is 31.0. The number of nitrogens with zero attached hydrogens (tertiary/aromatic N) is 2. The Kier molecular flexibility index (Phi) is 7.80. The maximum absolute atomic E-state index is 14.0. The van der Waals surface area contributed by atoms with Crippen molar-refractivity contribution in [2.24, 2.45) is 0 Å². The number of amides is 2. The van der Waals surface area contributed by atoms with Crippen LogP contribution in [-0.2, 0) is 15.1 Å². The highest BCUT2D eigenvalue weighted by atomic mass is 35.5. The number of pyridine rings is 1. The Morgan fingerprint density at radius 3 is 2.85 bits per heavy atom. The second-order valence-corrected chi connectivity index (χ2v) is 8.96. The molecule has 11 heteroatoms. The highest BCUT2D eigenvalue weighted by molar-refractivity contribution is 6.35. The highest BCUT2D eigenvalue weighted by Gasteiger charge is 2.43. The van der Waals surface area contributed by atoms with E-state index in [9.17, 15) is 14.0 Å². The number of hydrogen-bond acceptors (Lipinski definition) is 5. The van der Waals surface area contributed by atoms with E-state index in [0.717, 1.165) is 12.3 Å². The molecule has 0 aliphatic carbocycles. The average molecular weight is 510 g/mol. The fraction of sp³-hybridized carbons (Fsp3) is 0.391. The first-order valence-electron chi connectivity index (χ1n) is 10.7. The van der Waals surface area contributed by atoms with E-state index >= 15 is 0 Å². The van der Waals surface area contributed by atoms with Crippen LogP contribution >= 0.6 is 24.0 Å². The summed E-state index contributed by atoms with van der Waals surface area (Å²) < 4.78 is 19.5. The Labute approximate surface area is 208 Å². The summed E-state index contributed by atoms with van der Waals surface area (Å²) in [5.74, 6) is -1.55. The number of carbonyl (C=O) groups is 2. The molecule has 0 spiro atoms. The van der Waals surface area contributed by atoms with Crippen LogP contribution in [0.1, 0.15) is 49.0 Å². The first kappa shape index (κ1) is 25.9. The quantitative estimate of drug-likeness (QED) is 0.575. The first-order chi connectivity index (χ1) is 15.7. The van der Waals surface area contributed by atoms with Crippen LogP contribution in [0.3, 0.4) is 0 Å². The molecule has 4 rings (SSSR count). The molecule has 3 heterocycles. The van der Waals surface area contributed by atoms with E-state index < -0.39 is 17.3 Å². The van der Waals surface area contributed by atoms with Gasteiger partial charge in [0.15, 0.2) is 5.96 Å². The van der Waals surface area contributed by atoms with Crippen LogP contribution in [0.5, 0.6) is 0 Å². The number of ether oxygens (including phenoxy) is 1. The molecule has 2 aromatic rings.